The van der Waals surface area contributed by atoms with Crippen LogP contribution in [-0.2, 0) is 0 Å². The predicted molar refractivity (Wildman–Crippen MR) is 71.5 cm³/mol. The Hall–Kier alpha value is -2.56. The number of benzene rings is 1. The number of rotatable bonds is 3. The minimum atomic E-state index is -1.02. The Bertz CT molecular complexity index is 635. The van der Waals surface area contributed by atoms with Crippen LogP contribution < -0.4 is 0 Å². The molecule has 0 fully saturated rings. The fourth-order valence-electron chi connectivity index (χ4n) is 1.73. The first kappa shape index (κ1) is 12.9. The average Bonchev–Trinajstić information content (AvgIpc) is 2.73. The van der Waals surface area contributed by atoms with E-state index in [1.807, 2.05) is 13.8 Å². The van der Waals surface area contributed by atoms with Crippen molar-refractivity contribution in [1.29, 1.82) is 0 Å². The zero-order valence-electron chi connectivity index (χ0n) is 10.7. The molecule has 2 aromatic rings. The molecule has 1 aromatic heterocycles. The van der Waals surface area contributed by atoms with Crippen molar-refractivity contribution in [3.63, 3.8) is 0 Å². The molecule has 1 aromatic carbocycles. The zero-order valence-corrected chi connectivity index (χ0v) is 10.7. The third-order valence-corrected chi connectivity index (χ3v) is 2.56. The van der Waals surface area contributed by atoms with Crippen LogP contribution in [0.1, 0.15) is 29.9 Å². The minimum absolute atomic E-state index is 0.147. The summed E-state index contributed by atoms with van der Waals surface area (Å²) in [4.78, 5) is 11.2. The van der Waals surface area contributed by atoms with Gasteiger partial charge in [0.05, 0.1) is 17.6 Å². The summed E-state index contributed by atoms with van der Waals surface area (Å²) in [5.74, 6) is -0.865. The van der Waals surface area contributed by atoms with E-state index < -0.39 is 5.97 Å². The zero-order chi connectivity index (χ0) is 14.0. The van der Waals surface area contributed by atoms with Crippen molar-refractivity contribution in [2.24, 2.45) is 0 Å². The lowest BCUT2D eigenvalue weighted by atomic mass is 10.2. The number of allylic oxidation sites excluding steroid dienone is 1. The number of phenolic OH excluding ortho intramolecular Hbond substituents is 1. The van der Waals surface area contributed by atoms with Gasteiger partial charge < -0.3 is 10.2 Å². The quantitative estimate of drug-likeness (QED) is 0.887. The highest BCUT2D eigenvalue weighted by molar-refractivity contribution is 5.91. The largest absolute Gasteiger partial charge is 0.508 e. The molecular formula is C14H14N2O3. The maximum Gasteiger partial charge on any atom is 0.339 e. The number of carboxylic acid groups (broad SMARTS) is 1. The Morgan fingerprint density at radius 1 is 1.26 bits per heavy atom. The van der Waals surface area contributed by atoms with Gasteiger partial charge in [-0.3, -0.25) is 0 Å². The van der Waals surface area contributed by atoms with Gasteiger partial charge >= 0.3 is 5.97 Å². The number of carbonyl (C=O) groups is 1. The third kappa shape index (κ3) is 2.65. The van der Waals surface area contributed by atoms with Crippen LogP contribution in [0.5, 0.6) is 5.75 Å². The molecule has 0 saturated carbocycles. The van der Waals surface area contributed by atoms with E-state index in [1.54, 1.807) is 18.2 Å². The van der Waals surface area contributed by atoms with Gasteiger partial charge in [-0.15, -0.1) is 0 Å². The van der Waals surface area contributed by atoms with Gasteiger partial charge in [0.15, 0.2) is 0 Å². The number of aromatic carboxylic acids is 1. The number of hydrogen-bond donors (Lipinski definition) is 2. The number of aromatic nitrogens is 2. The number of nitrogens with zero attached hydrogens (tertiary/aromatic N) is 2. The molecule has 0 aliphatic rings. The molecule has 0 radical (unpaired) electrons. The molecule has 5 nitrogen and oxygen atoms in total. The number of phenols is 1. The van der Waals surface area contributed by atoms with Crippen LogP contribution in [0, 0.1) is 0 Å². The standard InChI is InChI=1S/C14H14N2O3/c1-9(2)7-13-12(14(18)19)8-15-16(13)10-3-5-11(17)6-4-10/h3-8,17H,1-2H3,(H,18,19). The van der Waals surface area contributed by atoms with E-state index in [9.17, 15) is 9.90 Å². The number of aromatic hydroxyl groups is 1. The molecule has 0 aliphatic heterocycles. The van der Waals surface area contributed by atoms with E-state index in [1.165, 1.54) is 23.0 Å². The summed E-state index contributed by atoms with van der Waals surface area (Å²) < 4.78 is 1.54. The first-order valence-electron chi connectivity index (χ1n) is 5.74. The van der Waals surface area contributed by atoms with Crippen LogP contribution in [0.3, 0.4) is 0 Å². The van der Waals surface area contributed by atoms with Crippen molar-refractivity contribution in [2.45, 2.75) is 13.8 Å². The molecule has 1 heterocycles. The summed E-state index contributed by atoms with van der Waals surface area (Å²) in [6.07, 6.45) is 3.09. The highest BCUT2D eigenvalue weighted by Gasteiger charge is 2.15. The second kappa shape index (κ2) is 4.97. The molecule has 98 valence electrons. The normalized spacial score (nSPS) is 10.2. The van der Waals surface area contributed by atoms with Gasteiger partial charge in [-0.1, -0.05) is 5.57 Å². The van der Waals surface area contributed by atoms with Gasteiger partial charge in [0.2, 0.25) is 0 Å². The van der Waals surface area contributed by atoms with Crippen LogP contribution >= 0.6 is 0 Å². The third-order valence-electron chi connectivity index (χ3n) is 2.56. The van der Waals surface area contributed by atoms with E-state index in [2.05, 4.69) is 5.10 Å². The van der Waals surface area contributed by atoms with Gasteiger partial charge in [0, 0.05) is 0 Å². The lowest BCUT2D eigenvalue weighted by Gasteiger charge is -2.06. The van der Waals surface area contributed by atoms with E-state index in [4.69, 9.17) is 5.11 Å². The van der Waals surface area contributed by atoms with Crippen molar-refractivity contribution < 1.29 is 15.0 Å². The summed E-state index contributed by atoms with van der Waals surface area (Å²) in [5.41, 5.74) is 2.33. The first-order chi connectivity index (χ1) is 8.99. The van der Waals surface area contributed by atoms with E-state index in [0.717, 1.165) is 5.57 Å². The molecule has 19 heavy (non-hydrogen) atoms. The molecule has 0 saturated heterocycles. The maximum absolute atomic E-state index is 11.2. The molecule has 0 spiro atoms. The second-order valence-corrected chi connectivity index (χ2v) is 4.40. The summed E-state index contributed by atoms with van der Waals surface area (Å²) in [5, 5.41) is 22.5. The Morgan fingerprint density at radius 3 is 2.42 bits per heavy atom. The van der Waals surface area contributed by atoms with Crippen molar-refractivity contribution in [2.75, 3.05) is 0 Å². The van der Waals surface area contributed by atoms with E-state index in [-0.39, 0.29) is 11.3 Å². The summed E-state index contributed by atoms with van der Waals surface area (Å²) in [7, 11) is 0. The molecule has 0 unspecified atom stereocenters. The smallest absolute Gasteiger partial charge is 0.339 e. The van der Waals surface area contributed by atoms with Crippen LogP contribution in [0.25, 0.3) is 11.8 Å². The molecular weight excluding hydrogens is 244 g/mol. The van der Waals surface area contributed by atoms with Gasteiger partial charge in [-0.2, -0.15) is 5.10 Å². The van der Waals surface area contributed by atoms with Gasteiger partial charge in [0.25, 0.3) is 0 Å². The van der Waals surface area contributed by atoms with Crippen molar-refractivity contribution in [3.8, 4) is 11.4 Å². The SMILES string of the molecule is CC(C)=Cc1c(C(=O)O)cnn1-c1ccc(O)cc1. The number of hydrogen-bond acceptors (Lipinski definition) is 3. The summed E-state index contributed by atoms with van der Waals surface area (Å²) >= 11 is 0. The average molecular weight is 258 g/mol. The second-order valence-electron chi connectivity index (χ2n) is 4.40. The molecule has 0 bridgehead atoms. The van der Waals surface area contributed by atoms with Crippen molar-refractivity contribution >= 4 is 12.0 Å². The fraction of sp³-hybridized carbons (Fsp3) is 0.143. The van der Waals surface area contributed by atoms with Crippen molar-refractivity contribution in [1.82, 2.24) is 9.78 Å². The molecule has 0 amide bonds. The lowest BCUT2D eigenvalue weighted by molar-refractivity contribution is 0.0696. The molecule has 0 aliphatic carbocycles. The summed E-state index contributed by atoms with van der Waals surface area (Å²) in [6, 6.07) is 6.42. The topological polar surface area (TPSA) is 75.3 Å². The molecule has 2 rings (SSSR count). The van der Waals surface area contributed by atoms with Crippen LogP contribution in [-0.4, -0.2) is 26.0 Å². The Morgan fingerprint density at radius 2 is 1.89 bits per heavy atom. The van der Waals surface area contributed by atoms with E-state index in [0.29, 0.717) is 11.4 Å². The highest BCUT2D eigenvalue weighted by atomic mass is 16.4. The Labute approximate surface area is 110 Å². The molecule has 0 atom stereocenters. The first-order valence-corrected chi connectivity index (χ1v) is 5.74. The molecule has 5 heteroatoms. The van der Waals surface area contributed by atoms with Gasteiger partial charge in [-0.25, -0.2) is 9.48 Å². The summed E-state index contributed by atoms with van der Waals surface area (Å²) in [6.45, 7) is 3.78. The fourth-order valence-corrected chi connectivity index (χ4v) is 1.73. The van der Waals surface area contributed by atoms with Gasteiger partial charge in [-0.05, 0) is 44.2 Å². The van der Waals surface area contributed by atoms with Crippen LogP contribution in [0.15, 0.2) is 36.0 Å². The molecule has 2 N–H and O–H groups in total. The maximum atomic E-state index is 11.2. The van der Waals surface area contributed by atoms with E-state index >= 15 is 0 Å². The highest BCUT2D eigenvalue weighted by Crippen LogP contribution is 2.20. The number of carboxylic acids is 1. The lowest BCUT2D eigenvalue weighted by Crippen LogP contribution is -2.03. The van der Waals surface area contributed by atoms with Gasteiger partial charge in [0.1, 0.15) is 11.3 Å². The Balaban J connectivity index is 2.60. The Kier molecular flexibility index (Phi) is 3.37. The van der Waals surface area contributed by atoms with Crippen LogP contribution in [0.4, 0.5) is 0 Å². The predicted octanol–water partition coefficient (Wildman–Crippen LogP) is 2.70. The van der Waals surface area contributed by atoms with Crippen LogP contribution in [0.2, 0.25) is 0 Å². The minimum Gasteiger partial charge on any atom is -0.508 e. The van der Waals surface area contributed by atoms with Crippen molar-refractivity contribution in [3.05, 3.63) is 47.3 Å². The monoisotopic (exact) mass is 258 g/mol.